The molecule has 0 bridgehead atoms. The van der Waals surface area contributed by atoms with Gasteiger partial charge in [-0.1, -0.05) is 6.42 Å². The van der Waals surface area contributed by atoms with Crippen LogP contribution in [0.2, 0.25) is 0 Å². The highest BCUT2D eigenvalue weighted by Crippen LogP contribution is 2.21. The van der Waals surface area contributed by atoms with E-state index in [2.05, 4.69) is 10.4 Å². The second-order valence-corrected chi connectivity index (χ2v) is 8.86. The molecule has 8 nitrogen and oxygen atoms in total. The van der Waals surface area contributed by atoms with Crippen molar-refractivity contribution in [2.24, 2.45) is 0 Å². The molecule has 1 unspecified atom stereocenters. The molecule has 1 aromatic rings. The molecule has 0 spiro atoms. The number of hydrogen-bond donors (Lipinski definition) is 1. The van der Waals surface area contributed by atoms with E-state index in [1.807, 2.05) is 0 Å². The molecule has 0 aliphatic carbocycles. The lowest BCUT2D eigenvalue weighted by Gasteiger charge is -2.33. The molecule has 2 rings (SSSR count). The van der Waals surface area contributed by atoms with E-state index in [0.29, 0.717) is 36.5 Å². The Morgan fingerprint density at radius 2 is 1.96 bits per heavy atom. The van der Waals surface area contributed by atoms with Gasteiger partial charge in [-0.15, -0.1) is 0 Å². The normalized spacial score (nSPS) is 18.7. The van der Waals surface area contributed by atoms with Crippen molar-refractivity contribution >= 4 is 21.7 Å². The van der Waals surface area contributed by atoms with E-state index in [4.69, 9.17) is 0 Å². The number of ketones is 1. The number of nitrogens with one attached hydrogen (secondary N) is 1. The molecule has 1 aliphatic rings. The zero-order valence-electron chi connectivity index (χ0n) is 15.9. The van der Waals surface area contributed by atoms with Crippen LogP contribution in [0.15, 0.2) is 0 Å². The summed E-state index contributed by atoms with van der Waals surface area (Å²) in [6.45, 7) is 6.02. The molecule has 0 aromatic carbocycles. The number of sulfonamides is 1. The summed E-state index contributed by atoms with van der Waals surface area (Å²) in [7, 11) is -3.22. The van der Waals surface area contributed by atoms with Crippen LogP contribution in [0.1, 0.15) is 54.4 Å². The Morgan fingerprint density at radius 3 is 2.54 bits per heavy atom. The summed E-state index contributed by atoms with van der Waals surface area (Å²) >= 11 is 0. The van der Waals surface area contributed by atoms with Crippen molar-refractivity contribution in [1.82, 2.24) is 19.4 Å². The minimum atomic E-state index is -3.22. The Kier molecular flexibility index (Phi) is 6.57. The number of aryl methyl sites for hydroxylation is 1. The largest absolute Gasteiger partial charge is 0.354 e. The molecule has 1 saturated heterocycles. The van der Waals surface area contributed by atoms with E-state index >= 15 is 0 Å². The third-order valence-electron chi connectivity index (χ3n) is 4.83. The Labute approximate surface area is 155 Å². The third-order valence-corrected chi connectivity index (χ3v) is 6.16. The van der Waals surface area contributed by atoms with Crippen molar-refractivity contribution in [3.05, 3.63) is 17.0 Å². The van der Waals surface area contributed by atoms with Crippen LogP contribution < -0.4 is 5.32 Å². The molecule has 1 atom stereocenters. The van der Waals surface area contributed by atoms with Gasteiger partial charge in [0.15, 0.2) is 5.78 Å². The topological polar surface area (TPSA) is 101 Å². The number of hydrogen-bond acceptors (Lipinski definition) is 5. The van der Waals surface area contributed by atoms with E-state index < -0.39 is 10.0 Å². The van der Waals surface area contributed by atoms with Gasteiger partial charge in [-0.2, -0.15) is 9.40 Å². The number of piperidine rings is 1. The van der Waals surface area contributed by atoms with Crippen molar-refractivity contribution in [2.75, 3.05) is 19.3 Å². The fourth-order valence-corrected chi connectivity index (χ4v) is 4.84. The van der Waals surface area contributed by atoms with Crippen LogP contribution in [0.4, 0.5) is 0 Å². The van der Waals surface area contributed by atoms with Crippen molar-refractivity contribution in [3.63, 3.8) is 0 Å². The lowest BCUT2D eigenvalue weighted by atomic mass is 10.0. The zero-order valence-corrected chi connectivity index (χ0v) is 16.7. The number of rotatable bonds is 7. The highest BCUT2D eigenvalue weighted by atomic mass is 32.2. The maximum atomic E-state index is 12.2. The summed E-state index contributed by atoms with van der Waals surface area (Å²) in [6, 6.07) is -0.0583. The molecular formula is C17H28N4O4S. The van der Waals surface area contributed by atoms with Gasteiger partial charge in [-0.3, -0.25) is 14.3 Å². The molecule has 1 fully saturated rings. The minimum Gasteiger partial charge on any atom is -0.354 e. The van der Waals surface area contributed by atoms with Crippen molar-refractivity contribution < 1.29 is 18.0 Å². The smallest absolute Gasteiger partial charge is 0.241 e. The Hall–Kier alpha value is -1.74. The summed E-state index contributed by atoms with van der Waals surface area (Å²) in [5.41, 5.74) is 1.86. The molecule has 1 N–H and O–H groups in total. The monoisotopic (exact) mass is 384 g/mol. The number of amides is 1. The van der Waals surface area contributed by atoms with Crippen molar-refractivity contribution in [3.8, 4) is 0 Å². The number of carbonyl (C=O) groups excluding carboxylic acids is 2. The Morgan fingerprint density at radius 1 is 1.27 bits per heavy atom. The number of carbonyl (C=O) groups is 2. The molecule has 146 valence electrons. The van der Waals surface area contributed by atoms with Gasteiger partial charge >= 0.3 is 0 Å². The van der Waals surface area contributed by atoms with Gasteiger partial charge < -0.3 is 5.32 Å². The van der Waals surface area contributed by atoms with Gasteiger partial charge in [0.2, 0.25) is 15.9 Å². The first-order valence-corrected chi connectivity index (χ1v) is 10.7. The molecule has 1 aromatic heterocycles. The van der Waals surface area contributed by atoms with Crippen LogP contribution in [-0.4, -0.2) is 59.6 Å². The molecule has 1 aliphatic heterocycles. The van der Waals surface area contributed by atoms with Gasteiger partial charge in [-0.05, 0) is 40.0 Å². The molecule has 0 saturated carbocycles. The predicted octanol–water partition coefficient (Wildman–Crippen LogP) is 1.02. The lowest BCUT2D eigenvalue weighted by molar-refractivity contribution is -0.121. The van der Waals surface area contributed by atoms with Gasteiger partial charge in [0.25, 0.3) is 0 Å². The summed E-state index contributed by atoms with van der Waals surface area (Å²) in [6.07, 6.45) is 4.53. The fourth-order valence-electron chi connectivity index (χ4n) is 3.63. The van der Waals surface area contributed by atoms with E-state index in [0.717, 1.165) is 19.3 Å². The van der Waals surface area contributed by atoms with Crippen LogP contribution in [0.25, 0.3) is 0 Å². The highest BCUT2D eigenvalue weighted by molar-refractivity contribution is 7.88. The number of nitrogens with zero attached hydrogens (tertiary/aromatic N) is 3. The highest BCUT2D eigenvalue weighted by Gasteiger charge is 2.28. The SMILES string of the molecule is CC(=O)c1c(C)nn(CC(=O)NCCC2CCCCN2S(C)(=O)=O)c1C. The summed E-state index contributed by atoms with van der Waals surface area (Å²) in [4.78, 5) is 23.8. The number of aromatic nitrogens is 2. The minimum absolute atomic E-state index is 0.0421. The molecule has 0 radical (unpaired) electrons. The maximum absolute atomic E-state index is 12.2. The van der Waals surface area contributed by atoms with Crippen LogP contribution in [0.3, 0.4) is 0 Å². The van der Waals surface area contributed by atoms with Crippen LogP contribution in [0, 0.1) is 13.8 Å². The first-order chi connectivity index (χ1) is 12.1. The van der Waals surface area contributed by atoms with E-state index in [1.165, 1.54) is 17.9 Å². The van der Waals surface area contributed by atoms with Gasteiger partial charge in [0.05, 0.1) is 17.5 Å². The first-order valence-electron chi connectivity index (χ1n) is 8.89. The molecule has 26 heavy (non-hydrogen) atoms. The van der Waals surface area contributed by atoms with Gasteiger partial charge in [0, 0.05) is 24.8 Å². The molecular weight excluding hydrogens is 356 g/mol. The zero-order chi connectivity index (χ0) is 19.5. The van der Waals surface area contributed by atoms with Crippen molar-refractivity contribution in [1.29, 1.82) is 0 Å². The standard InChI is InChI=1S/C17H28N4O4S/c1-12-17(14(3)22)13(2)20(19-12)11-16(23)18-9-8-15-7-5-6-10-21(15)26(4,24)25/h15H,5-11H2,1-4H3,(H,18,23). The maximum Gasteiger partial charge on any atom is 0.241 e. The third kappa shape index (κ3) is 4.91. The molecule has 2 heterocycles. The molecule has 9 heteroatoms. The Bertz CT molecular complexity index is 785. The summed E-state index contributed by atoms with van der Waals surface area (Å²) in [5, 5.41) is 7.09. The van der Waals surface area contributed by atoms with E-state index in [9.17, 15) is 18.0 Å². The van der Waals surface area contributed by atoms with Gasteiger partial charge in [0.1, 0.15) is 6.54 Å². The van der Waals surface area contributed by atoms with E-state index in [-0.39, 0.29) is 24.3 Å². The van der Waals surface area contributed by atoms with Crippen LogP contribution >= 0.6 is 0 Å². The second kappa shape index (κ2) is 8.30. The summed E-state index contributed by atoms with van der Waals surface area (Å²) in [5.74, 6) is -0.266. The average molecular weight is 385 g/mol. The second-order valence-electron chi connectivity index (χ2n) is 6.92. The van der Waals surface area contributed by atoms with E-state index in [1.54, 1.807) is 18.2 Å². The average Bonchev–Trinajstić information content (AvgIpc) is 2.80. The fraction of sp³-hybridized carbons (Fsp3) is 0.706. The Balaban J connectivity index is 1.89. The van der Waals surface area contributed by atoms with Gasteiger partial charge in [-0.25, -0.2) is 8.42 Å². The summed E-state index contributed by atoms with van der Waals surface area (Å²) < 4.78 is 26.8. The van der Waals surface area contributed by atoms with Crippen LogP contribution in [0.5, 0.6) is 0 Å². The first kappa shape index (κ1) is 20.6. The lowest BCUT2D eigenvalue weighted by Crippen LogP contribution is -2.44. The molecule has 1 amide bonds. The van der Waals surface area contributed by atoms with Crippen molar-refractivity contribution in [2.45, 2.75) is 59.0 Å². The number of Topliss-reactive ketones (excluding diaryl/α,β-unsaturated/α-hetero) is 1. The van der Waals surface area contributed by atoms with Crippen LogP contribution in [-0.2, 0) is 21.4 Å². The quantitative estimate of drug-likeness (QED) is 0.708. The predicted molar refractivity (Wildman–Crippen MR) is 98.5 cm³/mol.